The first kappa shape index (κ1) is 23.2. The summed E-state index contributed by atoms with van der Waals surface area (Å²) in [6.45, 7) is 9.75. The number of nitrogens with one attached hydrogen (secondary N) is 1. The summed E-state index contributed by atoms with van der Waals surface area (Å²) in [5.41, 5.74) is 3.98. The number of nitrogens with zero attached hydrogens (tertiary/aromatic N) is 1. The number of benzene rings is 2. The Labute approximate surface area is 174 Å². The van der Waals surface area contributed by atoms with Gasteiger partial charge in [-0.1, -0.05) is 32.6 Å². The zero-order chi connectivity index (χ0) is 22.3. The third-order valence-corrected chi connectivity index (χ3v) is 4.60. The highest BCUT2D eigenvalue weighted by Crippen LogP contribution is 2.34. The first-order valence-corrected chi connectivity index (χ1v) is 9.57. The van der Waals surface area contributed by atoms with Gasteiger partial charge in [-0.15, -0.1) is 13.2 Å². The van der Waals surface area contributed by atoms with Gasteiger partial charge in [0.2, 0.25) is 5.91 Å². The first-order valence-electron chi connectivity index (χ1n) is 9.57. The zero-order valence-electron chi connectivity index (χ0n) is 17.2. The van der Waals surface area contributed by atoms with Crippen molar-refractivity contribution in [2.45, 2.75) is 40.1 Å². The maximum absolute atomic E-state index is 12.4. The van der Waals surface area contributed by atoms with E-state index in [1.54, 1.807) is 12.1 Å². The summed E-state index contributed by atoms with van der Waals surface area (Å²) in [6, 6.07) is 9.46. The van der Waals surface area contributed by atoms with Crippen LogP contribution < -0.4 is 10.1 Å². The van der Waals surface area contributed by atoms with Crippen LogP contribution in [0, 0.1) is 12.8 Å². The van der Waals surface area contributed by atoms with Gasteiger partial charge in [0.15, 0.2) is 0 Å². The molecule has 0 saturated carbocycles. The van der Waals surface area contributed by atoms with Crippen molar-refractivity contribution in [2.75, 3.05) is 0 Å². The van der Waals surface area contributed by atoms with Gasteiger partial charge in [0, 0.05) is 12.8 Å². The van der Waals surface area contributed by atoms with E-state index in [0.717, 1.165) is 34.4 Å². The van der Waals surface area contributed by atoms with E-state index >= 15 is 0 Å². The van der Waals surface area contributed by atoms with E-state index in [0.29, 0.717) is 5.92 Å². The average molecular weight is 418 g/mol. The van der Waals surface area contributed by atoms with Crippen molar-refractivity contribution >= 4 is 17.8 Å². The van der Waals surface area contributed by atoms with Crippen LogP contribution >= 0.6 is 0 Å². The molecule has 0 heterocycles. The van der Waals surface area contributed by atoms with Crippen molar-refractivity contribution < 1.29 is 22.7 Å². The fraction of sp³-hybridized carbons (Fsp3) is 0.304. The third-order valence-electron chi connectivity index (χ3n) is 4.60. The lowest BCUT2D eigenvalue weighted by Gasteiger charge is -2.14. The highest BCUT2D eigenvalue weighted by atomic mass is 19.4. The molecule has 160 valence electrons. The molecular weight excluding hydrogens is 393 g/mol. The second-order valence-corrected chi connectivity index (χ2v) is 6.95. The van der Waals surface area contributed by atoms with E-state index < -0.39 is 6.36 Å². The van der Waals surface area contributed by atoms with Gasteiger partial charge in [-0.05, 0) is 71.9 Å². The molecule has 0 aliphatic heterocycles. The van der Waals surface area contributed by atoms with Crippen molar-refractivity contribution in [1.29, 1.82) is 0 Å². The van der Waals surface area contributed by atoms with E-state index in [9.17, 15) is 18.0 Å². The number of aliphatic imine (C=N–C) groups is 1. The quantitative estimate of drug-likeness (QED) is 0.415. The van der Waals surface area contributed by atoms with E-state index in [-0.39, 0.29) is 18.2 Å². The minimum atomic E-state index is -4.74. The summed E-state index contributed by atoms with van der Waals surface area (Å²) in [7, 11) is 0. The number of halogens is 3. The second-order valence-electron chi connectivity index (χ2n) is 6.95. The number of carbonyl (C=O) groups is 1. The summed E-state index contributed by atoms with van der Waals surface area (Å²) in [6.07, 6.45) is -0.724. The predicted octanol–water partition coefficient (Wildman–Crippen LogP) is 6.11. The van der Waals surface area contributed by atoms with Crippen LogP contribution in [0.1, 0.15) is 31.4 Å². The highest BCUT2D eigenvalue weighted by Gasteiger charge is 2.31. The monoisotopic (exact) mass is 418 g/mol. The Hall–Kier alpha value is -3.09. The minimum absolute atomic E-state index is 0.277. The predicted molar refractivity (Wildman–Crippen MR) is 113 cm³/mol. The summed E-state index contributed by atoms with van der Waals surface area (Å²) >= 11 is 0. The molecule has 0 fully saturated rings. The molecule has 2 aromatic rings. The molecule has 0 aliphatic carbocycles. The molecule has 1 atom stereocenters. The molecule has 0 spiro atoms. The molecule has 1 unspecified atom stereocenters. The largest absolute Gasteiger partial charge is 0.573 e. The van der Waals surface area contributed by atoms with Gasteiger partial charge in [0.05, 0.1) is 5.69 Å². The van der Waals surface area contributed by atoms with E-state index in [2.05, 4.69) is 35.5 Å². The lowest BCUT2D eigenvalue weighted by Crippen LogP contribution is -2.20. The van der Waals surface area contributed by atoms with E-state index in [1.165, 1.54) is 18.2 Å². The number of alkyl halides is 3. The molecule has 0 bridgehead atoms. The topological polar surface area (TPSA) is 50.7 Å². The lowest BCUT2D eigenvalue weighted by molar-refractivity contribution is -0.274. The number of carbonyl (C=O) groups excluding carboxylic acids is 1. The Kier molecular flexibility index (Phi) is 7.80. The Morgan fingerprint density at radius 2 is 1.93 bits per heavy atom. The Morgan fingerprint density at radius 3 is 2.50 bits per heavy atom. The minimum Gasteiger partial charge on any atom is -0.406 e. The summed E-state index contributed by atoms with van der Waals surface area (Å²) < 4.78 is 41.2. The van der Waals surface area contributed by atoms with Crippen molar-refractivity contribution in [3.8, 4) is 16.9 Å². The van der Waals surface area contributed by atoms with Gasteiger partial charge < -0.3 is 10.1 Å². The van der Waals surface area contributed by atoms with Gasteiger partial charge in [0.1, 0.15) is 5.75 Å². The van der Waals surface area contributed by atoms with Crippen LogP contribution in [-0.2, 0) is 11.3 Å². The molecule has 2 rings (SSSR count). The first-order chi connectivity index (χ1) is 14.1. The molecular formula is C23H25F3N2O2. The number of hydrogen-bond donors (Lipinski definition) is 1. The van der Waals surface area contributed by atoms with Crippen LogP contribution in [0.25, 0.3) is 11.1 Å². The van der Waals surface area contributed by atoms with Crippen LogP contribution in [-0.4, -0.2) is 18.5 Å². The van der Waals surface area contributed by atoms with E-state index in [1.807, 2.05) is 25.3 Å². The Bertz CT molecular complexity index is 919. The molecule has 1 N–H and O–H groups in total. The number of hydrogen-bond acceptors (Lipinski definition) is 3. The summed E-state index contributed by atoms with van der Waals surface area (Å²) in [5, 5.41) is 2.73. The smallest absolute Gasteiger partial charge is 0.406 e. The van der Waals surface area contributed by atoms with Crippen molar-refractivity contribution in [1.82, 2.24) is 5.32 Å². The third kappa shape index (κ3) is 6.76. The maximum atomic E-state index is 12.4. The molecule has 0 aliphatic rings. The molecule has 2 aromatic carbocycles. The van der Waals surface area contributed by atoms with Crippen LogP contribution in [0.2, 0.25) is 0 Å². The summed E-state index contributed by atoms with van der Waals surface area (Å²) in [5.74, 6) is -0.278. The van der Waals surface area contributed by atoms with Gasteiger partial charge in [-0.25, -0.2) is 0 Å². The SMILES string of the molecule is C=CC(=O)NCc1cc(N=CC(C)CC)c(C)c(-c2ccc(OC(F)(F)F)cc2)c1. The maximum Gasteiger partial charge on any atom is 0.573 e. The lowest BCUT2D eigenvalue weighted by atomic mass is 9.96. The van der Waals surface area contributed by atoms with Crippen LogP contribution in [0.15, 0.2) is 54.0 Å². The number of rotatable bonds is 8. The summed E-state index contributed by atoms with van der Waals surface area (Å²) in [4.78, 5) is 16.1. The van der Waals surface area contributed by atoms with Gasteiger partial charge in [0.25, 0.3) is 0 Å². The van der Waals surface area contributed by atoms with Crippen molar-refractivity contribution in [2.24, 2.45) is 10.9 Å². The van der Waals surface area contributed by atoms with Gasteiger partial charge in [-0.2, -0.15) is 0 Å². The molecule has 0 saturated heterocycles. The van der Waals surface area contributed by atoms with Crippen molar-refractivity contribution in [3.05, 3.63) is 60.2 Å². The normalized spacial score (nSPS) is 12.6. The second kappa shape index (κ2) is 10.1. The molecule has 30 heavy (non-hydrogen) atoms. The van der Waals surface area contributed by atoms with Crippen LogP contribution in [0.5, 0.6) is 5.75 Å². The molecule has 0 radical (unpaired) electrons. The fourth-order valence-corrected chi connectivity index (χ4v) is 2.70. The zero-order valence-corrected chi connectivity index (χ0v) is 17.2. The fourth-order valence-electron chi connectivity index (χ4n) is 2.70. The van der Waals surface area contributed by atoms with Crippen LogP contribution in [0.3, 0.4) is 0 Å². The van der Waals surface area contributed by atoms with E-state index in [4.69, 9.17) is 0 Å². The van der Waals surface area contributed by atoms with Gasteiger partial charge >= 0.3 is 6.36 Å². The molecule has 1 amide bonds. The van der Waals surface area contributed by atoms with Crippen molar-refractivity contribution in [3.63, 3.8) is 0 Å². The Balaban J connectivity index is 2.44. The van der Waals surface area contributed by atoms with Crippen LogP contribution in [0.4, 0.5) is 18.9 Å². The molecule has 0 aromatic heterocycles. The number of ether oxygens (including phenoxy) is 1. The highest BCUT2D eigenvalue weighted by molar-refractivity contribution is 5.87. The van der Waals surface area contributed by atoms with Gasteiger partial charge in [-0.3, -0.25) is 9.79 Å². The molecule has 7 heteroatoms. The molecule has 4 nitrogen and oxygen atoms in total. The number of amides is 1. The standard InChI is InChI=1S/C23H25F3N2O2/c1-5-15(3)13-27-21-12-17(14-28-22(29)6-2)11-20(16(21)4)18-7-9-19(10-8-18)30-23(24,25)26/h6-13,15H,2,5,14H2,1,3-4H3,(H,28,29). The average Bonchev–Trinajstić information content (AvgIpc) is 2.70. The Morgan fingerprint density at radius 1 is 1.27 bits per heavy atom.